The van der Waals surface area contributed by atoms with E-state index >= 15 is 0 Å². The summed E-state index contributed by atoms with van der Waals surface area (Å²) in [4.78, 5) is 11.0. The first-order chi connectivity index (χ1) is 13.2. The van der Waals surface area contributed by atoms with Gasteiger partial charge < -0.3 is 20.9 Å². The lowest BCUT2D eigenvalue weighted by atomic mass is 10.1. The van der Waals surface area contributed by atoms with Crippen molar-refractivity contribution >= 4 is 29.0 Å². The zero-order valence-corrected chi connectivity index (χ0v) is 15.2. The van der Waals surface area contributed by atoms with Gasteiger partial charge in [0.05, 0.1) is 18.0 Å². The number of anilines is 5. The first kappa shape index (κ1) is 15.9. The number of hydrogen-bond acceptors (Lipinski definition) is 7. The maximum atomic E-state index is 4.53. The Bertz CT molecular complexity index is 962. The van der Waals surface area contributed by atoms with E-state index < -0.39 is 0 Å². The Balaban J connectivity index is 1.24. The fourth-order valence-corrected chi connectivity index (χ4v) is 3.27. The van der Waals surface area contributed by atoms with Crippen LogP contribution in [0.5, 0.6) is 0 Å². The van der Waals surface area contributed by atoms with Gasteiger partial charge in [0.1, 0.15) is 5.82 Å². The van der Waals surface area contributed by atoms with E-state index in [4.69, 9.17) is 0 Å². The van der Waals surface area contributed by atoms with Gasteiger partial charge in [-0.3, -0.25) is 5.10 Å². The highest BCUT2D eigenvalue weighted by molar-refractivity contribution is 5.75. The number of fused-ring (bicyclic) bond motifs is 1. The molecule has 8 heteroatoms. The number of rotatable bonds is 6. The largest absolute Gasteiger partial charge is 0.366 e. The number of nitrogens with zero attached hydrogens (tertiary/aromatic N) is 4. The van der Waals surface area contributed by atoms with E-state index in [2.05, 4.69) is 72.3 Å². The molecule has 0 bridgehead atoms. The maximum absolute atomic E-state index is 4.53. The summed E-state index contributed by atoms with van der Waals surface area (Å²) in [5.41, 5.74) is 4.78. The van der Waals surface area contributed by atoms with Crippen LogP contribution in [-0.2, 0) is 6.54 Å². The smallest absolute Gasteiger partial charge is 0.224 e. The molecule has 0 atom stereocenters. The minimum atomic E-state index is 0.588. The van der Waals surface area contributed by atoms with E-state index in [0.29, 0.717) is 18.4 Å². The van der Waals surface area contributed by atoms with Crippen molar-refractivity contribution in [1.82, 2.24) is 20.2 Å². The summed E-state index contributed by atoms with van der Waals surface area (Å²) in [6.07, 6.45) is 4.24. The van der Waals surface area contributed by atoms with Crippen molar-refractivity contribution in [3.05, 3.63) is 47.8 Å². The first-order valence-corrected chi connectivity index (χ1v) is 9.22. The van der Waals surface area contributed by atoms with Crippen molar-refractivity contribution in [2.45, 2.75) is 25.3 Å². The Hall–Kier alpha value is -3.29. The number of nitrogens with one attached hydrogen (secondary N) is 4. The van der Waals surface area contributed by atoms with E-state index in [-0.39, 0.29) is 0 Å². The van der Waals surface area contributed by atoms with Gasteiger partial charge >= 0.3 is 0 Å². The molecule has 0 unspecified atom stereocenters. The molecule has 0 radical (unpaired) electrons. The molecule has 2 aromatic heterocycles. The molecule has 1 saturated carbocycles. The van der Waals surface area contributed by atoms with Gasteiger partial charge in [0.15, 0.2) is 5.82 Å². The Morgan fingerprint density at radius 1 is 1.19 bits per heavy atom. The number of H-pyrrole nitrogens is 1. The number of benzene rings is 1. The second kappa shape index (κ2) is 6.46. The third-order valence-electron chi connectivity index (χ3n) is 4.96. The minimum absolute atomic E-state index is 0.588. The van der Waals surface area contributed by atoms with Crippen molar-refractivity contribution in [3.8, 4) is 0 Å². The van der Waals surface area contributed by atoms with Gasteiger partial charge in [-0.15, -0.1) is 0 Å². The maximum Gasteiger partial charge on any atom is 0.224 e. The van der Waals surface area contributed by atoms with Gasteiger partial charge in [0.25, 0.3) is 0 Å². The van der Waals surface area contributed by atoms with Crippen molar-refractivity contribution in [2.24, 2.45) is 0 Å². The van der Waals surface area contributed by atoms with Crippen molar-refractivity contribution in [2.75, 3.05) is 34.6 Å². The summed E-state index contributed by atoms with van der Waals surface area (Å²) >= 11 is 0. The van der Waals surface area contributed by atoms with Crippen LogP contribution in [0.1, 0.15) is 30.0 Å². The molecule has 1 fully saturated rings. The molecule has 0 saturated heterocycles. The van der Waals surface area contributed by atoms with Crippen LogP contribution in [0.4, 0.5) is 29.0 Å². The second-order valence-electron chi connectivity index (χ2n) is 7.11. The summed E-state index contributed by atoms with van der Waals surface area (Å²) in [5.74, 6) is 2.75. The van der Waals surface area contributed by atoms with Gasteiger partial charge in [-0.25, -0.2) is 4.98 Å². The standard InChI is InChI=1S/C19H22N8/c1-27-11-22-14-5-2-12(8-16(14)27)10-21-19-20-7-6-17(24-19)23-18-9-15(25-26-18)13-3-4-13/h2,5-9,13,22H,3-4,10-11H2,1H3,(H3,20,21,23,24,25,26). The molecule has 1 aliphatic carbocycles. The third-order valence-corrected chi connectivity index (χ3v) is 4.96. The highest BCUT2D eigenvalue weighted by atomic mass is 15.3. The molecule has 4 N–H and O–H groups in total. The quantitative estimate of drug-likeness (QED) is 0.535. The average molecular weight is 362 g/mol. The topological polar surface area (TPSA) is 93.8 Å². The van der Waals surface area contributed by atoms with Crippen molar-refractivity contribution < 1.29 is 0 Å². The van der Waals surface area contributed by atoms with Crippen LogP contribution < -0.4 is 20.9 Å². The number of aromatic amines is 1. The lowest BCUT2D eigenvalue weighted by molar-refractivity contribution is 0.966. The average Bonchev–Trinajstić information content (AvgIpc) is 3.33. The van der Waals surface area contributed by atoms with Gasteiger partial charge in [-0.2, -0.15) is 10.1 Å². The van der Waals surface area contributed by atoms with Gasteiger partial charge in [0.2, 0.25) is 5.95 Å². The van der Waals surface area contributed by atoms with Crippen LogP contribution >= 0.6 is 0 Å². The fourth-order valence-electron chi connectivity index (χ4n) is 3.27. The Labute approximate surface area is 157 Å². The van der Waals surface area contributed by atoms with Crippen LogP contribution in [0.15, 0.2) is 36.5 Å². The van der Waals surface area contributed by atoms with Gasteiger partial charge in [-0.1, -0.05) is 6.07 Å². The lowest BCUT2D eigenvalue weighted by Gasteiger charge is -2.12. The van der Waals surface area contributed by atoms with E-state index in [1.54, 1.807) is 6.20 Å². The molecule has 5 rings (SSSR count). The van der Waals surface area contributed by atoms with E-state index in [1.165, 1.54) is 35.5 Å². The van der Waals surface area contributed by atoms with Crippen molar-refractivity contribution in [3.63, 3.8) is 0 Å². The van der Waals surface area contributed by atoms with Crippen LogP contribution in [0.3, 0.4) is 0 Å². The lowest BCUT2D eigenvalue weighted by Crippen LogP contribution is -2.16. The molecule has 27 heavy (non-hydrogen) atoms. The third kappa shape index (κ3) is 3.38. The first-order valence-electron chi connectivity index (χ1n) is 9.22. The normalized spacial score (nSPS) is 15.4. The fraction of sp³-hybridized carbons (Fsp3) is 0.316. The molecule has 1 aromatic carbocycles. The number of hydrogen-bond donors (Lipinski definition) is 4. The predicted molar refractivity (Wildman–Crippen MR) is 107 cm³/mol. The summed E-state index contributed by atoms with van der Waals surface area (Å²) in [7, 11) is 2.08. The second-order valence-corrected chi connectivity index (χ2v) is 7.11. The molecule has 0 amide bonds. The van der Waals surface area contributed by atoms with E-state index in [0.717, 1.165) is 18.3 Å². The Morgan fingerprint density at radius 3 is 3.00 bits per heavy atom. The highest BCUT2D eigenvalue weighted by Gasteiger charge is 2.25. The number of aromatic nitrogens is 4. The van der Waals surface area contributed by atoms with Crippen LogP contribution in [0, 0.1) is 0 Å². The molecule has 0 spiro atoms. The summed E-state index contributed by atoms with van der Waals surface area (Å²) in [5, 5.41) is 17.3. The van der Waals surface area contributed by atoms with Crippen LogP contribution in [0.2, 0.25) is 0 Å². The molecular weight excluding hydrogens is 340 g/mol. The summed E-state index contributed by atoms with van der Waals surface area (Å²) in [6.45, 7) is 1.51. The van der Waals surface area contributed by atoms with Crippen LogP contribution in [0.25, 0.3) is 0 Å². The van der Waals surface area contributed by atoms with Crippen molar-refractivity contribution in [1.29, 1.82) is 0 Å². The molecular formula is C19H22N8. The van der Waals surface area contributed by atoms with E-state index in [1.807, 2.05) is 6.07 Å². The zero-order valence-electron chi connectivity index (χ0n) is 15.2. The summed E-state index contributed by atoms with van der Waals surface area (Å²) < 4.78 is 0. The van der Waals surface area contributed by atoms with Crippen LogP contribution in [-0.4, -0.2) is 33.9 Å². The highest BCUT2D eigenvalue weighted by Crippen LogP contribution is 2.39. The minimum Gasteiger partial charge on any atom is -0.366 e. The Morgan fingerprint density at radius 2 is 2.11 bits per heavy atom. The molecule has 138 valence electrons. The molecule has 2 aliphatic rings. The molecule has 3 aromatic rings. The van der Waals surface area contributed by atoms with Gasteiger partial charge in [0, 0.05) is 37.5 Å². The molecule has 3 heterocycles. The molecule has 1 aliphatic heterocycles. The summed E-state index contributed by atoms with van der Waals surface area (Å²) in [6, 6.07) is 10.3. The van der Waals surface area contributed by atoms with E-state index in [9.17, 15) is 0 Å². The monoisotopic (exact) mass is 362 g/mol. The Kier molecular flexibility index (Phi) is 3.81. The van der Waals surface area contributed by atoms with Gasteiger partial charge in [-0.05, 0) is 36.6 Å². The zero-order chi connectivity index (χ0) is 18.2. The molecule has 8 nitrogen and oxygen atoms in total. The predicted octanol–water partition coefficient (Wildman–Crippen LogP) is 3.25. The SMILES string of the molecule is CN1CNc2ccc(CNc3nccc(Nc4cc(C5CC5)[nH]n4)n3)cc21.